The Balaban J connectivity index is 2.54. The highest BCUT2D eigenvalue weighted by molar-refractivity contribution is 6.28. The van der Waals surface area contributed by atoms with Gasteiger partial charge in [-0.15, -0.1) is 0 Å². The van der Waals surface area contributed by atoms with E-state index >= 15 is 0 Å². The molecular formula is C10H13ClN6. The van der Waals surface area contributed by atoms with Crippen LogP contribution in [-0.2, 0) is 12.8 Å². The molecule has 0 aliphatic heterocycles. The van der Waals surface area contributed by atoms with Gasteiger partial charge in [-0.25, -0.2) is 4.68 Å². The summed E-state index contributed by atoms with van der Waals surface area (Å²) in [5.74, 6) is 0.453. The topological polar surface area (TPSA) is 82.5 Å². The molecule has 90 valence electrons. The number of aromatic nitrogens is 5. The van der Waals surface area contributed by atoms with Crippen molar-refractivity contribution in [3.05, 3.63) is 22.7 Å². The molecule has 2 heterocycles. The fourth-order valence-corrected chi connectivity index (χ4v) is 1.68. The second-order valence-electron chi connectivity index (χ2n) is 3.51. The summed E-state index contributed by atoms with van der Waals surface area (Å²) >= 11 is 5.75. The van der Waals surface area contributed by atoms with Crippen molar-refractivity contribution >= 4 is 17.5 Å². The SMILES string of the molecule is CCc1cc(CC)n(-c2nc(N)nc(Cl)n2)n1. The van der Waals surface area contributed by atoms with Gasteiger partial charge in [0.1, 0.15) is 0 Å². The van der Waals surface area contributed by atoms with Gasteiger partial charge in [0.05, 0.1) is 5.69 Å². The van der Waals surface area contributed by atoms with E-state index in [9.17, 15) is 0 Å². The third kappa shape index (κ3) is 2.36. The first-order valence-corrected chi connectivity index (χ1v) is 5.77. The number of nitrogen functional groups attached to an aromatic ring is 1. The van der Waals surface area contributed by atoms with Crippen LogP contribution in [0.15, 0.2) is 6.07 Å². The molecule has 0 aliphatic rings. The average molecular weight is 253 g/mol. The number of aryl methyl sites for hydroxylation is 2. The number of anilines is 1. The highest BCUT2D eigenvalue weighted by Crippen LogP contribution is 2.12. The van der Waals surface area contributed by atoms with Crippen molar-refractivity contribution in [1.29, 1.82) is 0 Å². The Morgan fingerprint density at radius 3 is 2.59 bits per heavy atom. The quantitative estimate of drug-likeness (QED) is 0.893. The van der Waals surface area contributed by atoms with Crippen LogP contribution in [0.2, 0.25) is 5.28 Å². The normalized spacial score (nSPS) is 10.8. The minimum Gasteiger partial charge on any atom is -0.368 e. The molecule has 6 nitrogen and oxygen atoms in total. The summed E-state index contributed by atoms with van der Waals surface area (Å²) in [4.78, 5) is 11.8. The summed E-state index contributed by atoms with van der Waals surface area (Å²) in [5, 5.41) is 4.47. The predicted molar refractivity (Wildman–Crippen MR) is 65.1 cm³/mol. The molecule has 0 atom stereocenters. The molecule has 0 fully saturated rings. The van der Waals surface area contributed by atoms with Crippen molar-refractivity contribution in [3.8, 4) is 5.95 Å². The third-order valence-electron chi connectivity index (χ3n) is 2.36. The molecule has 2 rings (SSSR count). The Morgan fingerprint density at radius 2 is 2.00 bits per heavy atom. The maximum atomic E-state index is 5.75. The molecule has 0 amide bonds. The van der Waals surface area contributed by atoms with Crippen molar-refractivity contribution in [2.75, 3.05) is 5.73 Å². The van der Waals surface area contributed by atoms with Gasteiger partial charge < -0.3 is 5.73 Å². The van der Waals surface area contributed by atoms with Gasteiger partial charge in [-0.3, -0.25) is 0 Å². The Bertz CT molecular complexity index is 515. The summed E-state index contributed by atoms with van der Waals surface area (Å²) in [6, 6.07) is 2.02. The summed E-state index contributed by atoms with van der Waals surface area (Å²) < 4.78 is 1.66. The summed E-state index contributed by atoms with van der Waals surface area (Å²) in [6.45, 7) is 4.08. The molecule has 0 saturated carbocycles. The zero-order valence-electron chi connectivity index (χ0n) is 9.68. The molecule has 0 radical (unpaired) electrons. The molecule has 2 N–H and O–H groups in total. The van der Waals surface area contributed by atoms with Crippen LogP contribution in [0.4, 0.5) is 5.95 Å². The highest BCUT2D eigenvalue weighted by atomic mass is 35.5. The molecule has 7 heteroatoms. The van der Waals surface area contributed by atoms with Crippen LogP contribution in [0.25, 0.3) is 5.95 Å². The number of rotatable bonds is 3. The third-order valence-corrected chi connectivity index (χ3v) is 2.53. The number of nitrogens with two attached hydrogens (primary N) is 1. The van der Waals surface area contributed by atoms with E-state index in [1.807, 2.05) is 19.9 Å². The van der Waals surface area contributed by atoms with E-state index in [-0.39, 0.29) is 11.2 Å². The molecule has 0 bridgehead atoms. The Labute approximate surface area is 104 Å². The van der Waals surface area contributed by atoms with Gasteiger partial charge in [-0.1, -0.05) is 13.8 Å². The first-order chi connectivity index (χ1) is 8.13. The van der Waals surface area contributed by atoms with E-state index in [4.69, 9.17) is 17.3 Å². The fourth-order valence-electron chi connectivity index (χ4n) is 1.52. The zero-order chi connectivity index (χ0) is 12.4. The number of hydrogen-bond donors (Lipinski definition) is 1. The van der Waals surface area contributed by atoms with E-state index in [0.717, 1.165) is 24.2 Å². The van der Waals surface area contributed by atoms with Crippen LogP contribution in [0.3, 0.4) is 0 Å². The molecule has 0 aromatic carbocycles. The van der Waals surface area contributed by atoms with E-state index < -0.39 is 0 Å². The predicted octanol–water partition coefficient (Wildman–Crippen LogP) is 1.42. The molecule has 17 heavy (non-hydrogen) atoms. The first kappa shape index (κ1) is 11.8. The van der Waals surface area contributed by atoms with Crippen LogP contribution >= 0.6 is 11.6 Å². The molecule has 0 aliphatic carbocycles. The fraction of sp³-hybridized carbons (Fsp3) is 0.400. The molecule has 0 spiro atoms. The summed E-state index contributed by atoms with van der Waals surface area (Å²) in [5.41, 5.74) is 7.54. The van der Waals surface area contributed by atoms with E-state index in [1.54, 1.807) is 4.68 Å². The van der Waals surface area contributed by atoms with Gasteiger partial charge in [0, 0.05) is 5.69 Å². The van der Waals surface area contributed by atoms with Crippen molar-refractivity contribution in [1.82, 2.24) is 24.7 Å². The lowest BCUT2D eigenvalue weighted by Crippen LogP contribution is -2.10. The maximum absolute atomic E-state index is 5.75. The summed E-state index contributed by atoms with van der Waals surface area (Å²) in [6.07, 6.45) is 1.69. The lowest BCUT2D eigenvalue weighted by Gasteiger charge is -2.04. The molecule has 2 aromatic heterocycles. The van der Waals surface area contributed by atoms with E-state index in [0.29, 0.717) is 5.95 Å². The first-order valence-electron chi connectivity index (χ1n) is 5.39. The van der Waals surface area contributed by atoms with Crippen molar-refractivity contribution < 1.29 is 0 Å². The maximum Gasteiger partial charge on any atom is 0.256 e. The Kier molecular flexibility index (Phi) is 3.23. The molecular weight excluding hydrogens is 240 g/mol. The Morgan fingerprint density at radius 1 is 1.24 bits per heavy atom. The molecule has 0 saturated heterocycles. The summed E-state index contributed by atoms with van der Waals surface area (Å²) in [7, 11) is 0. The monoisotopic (exact) mass is 252 g/mol. The lowest BCUT2D eigenvalue weighted by atomic mass is 10.3. The molecule has 0 unspecified atom stereocenters. The minimum absolute atomic E-state index is 0.0723. The van der Waals surface area contributed by atoms with Crippen LogP contribution in [-0.4, -0.2) is 24.7 Å². The van der Waals surface area contributed by atoms with Crippen molar-refractivity contribution in [3.63, 3.8) is 0 Å². The standard InChI is InChI=1S/C10H13ClN6/c1-3-6-5-7(4-2)17(16-6)10-14-8(11)13-9(12)15-10/h5H,3-4H2,1-2H3,(H2,12,13,14,15). The van der Waals surface area contributed by atoms with Gasteiger partial charge in [0.15, 0.2) is 0 Å². The zero-order valence-corrected chi connectivity index (χ0v) is 10.4. The average Bonchev–Trinajstić information content (AvgIpc) is 2.70. The van der Waals surface area contributed by atoms with E-state index in [2.05, 4.69) is 20.1 Å². The van der Waals surface area contributed by atoms with Gasteiger partial charge in [0.25, 0.3) is 5.95 Å². The number of nitrogens with zero attached hydrogens (tertiary/aromatic N) is 5. The second kappa shape index (κ2) is 4.67. The lowest BCUT2D eigenvalue weighted by molar-refractivity contribution is 0.741. The number of halogens is 1. The van der Waals surface area contributed by atoms with Gasteiger partial charge in [0.2, 0.25) is 11.2 Å². The minimum atomic E-state index is 0.0723. The van der Waals surface area contributed by atoms with Crippen LogP contribution in [0, 0.1) is 0 Å². The van der Waals surface area contributed by atoms with Crippen LogP contribution < -0.4 is 5.73 Å². The highest BCUT2D eigenvalue weighted by Gasteiger charge is 2.11. The van der Waals surface area contributed by atoms with Crippen molar-refractivity contribution in [2.24, 2.45) is 0 Å². The smallest absolute Gasteiger partial charge is 0.256 e. The second-order valence-corrected chi connectivity index (χ2v) is 3.85. The number of hydrogen-bond acceptors (Lipinski definition) is 5. The van der Waals surface area contributed by atoms with Gasteiger partial charge in [-0.05, 0) is 30.5 Å². The Hall–Kier alpha value is -1.69. The largest absolute Gasteiger partial charge is 0.368 e. The molecule has 2 aromatic rings. The van der Waals surface area contributed by atoms with Crippen LogP contribution in [0.5, 0.6) is 0 Å². The van der Waals surface area contributed by atoms with Crippen molar-refractivity contribution in [2.45, 2.75) is 26.7 Å². The van der Waals surface area contributed by atoms with E-state index in [1.165, 1.54) is 0 Å². The van der Waals surface area contributed by atoms with Gasteiger partial charge >= 0.3 is 0 Å². The van der Waals surface area contributed by atoms with Crippen LogP contribution in [0.1, 0.15) is 25.2 Å². The van der Waals surface area contributed by atoms with Gasteiger partial charge in [-0.2, -0.15) is 20.1 Å².